The van der Waals surface area contributed by atoms with Crippen LogP contribution in [-0.4, -0.2) is 57.6 Å². The maximum Gasteiger partial charge on any atom is 0.244 e. The fourth-order valence-electron chi connectivity index (χ4n) is 3.54. The van der Waals surface area contributed by atoms with Crippen molar-refractivity contribution in [3.63, 3.8) is 0 Å². The van der Waals surface area contributed by atoms with Gasteiger partial charge in [-0.1, -0.05) is 43.7 Å². The minimum Gasteiger partial charge on any atom is -0.497 e. The Kier molecular flexibility index (Phi) is 9.92. The van der Waals surface area contributed by atoms with E-state index in [-0.39, 0.29) is 12.5 Å². The van der Waals surface area contributed by atoms with Crippen molar-refractivity contribution in [2.75, 3.05) is 30.8 Å². The van der Waals surface area contributed by atoms with Gasteiger partial charge < -0.3 is 15.0 Å². The molecule has 186 valence electrons. The molecule has 0 radical (unpaired) electrons. The largest absolute Gasteiger partial charge is 0.497 e. The van der Waals surface area contributed by atoms with Gasteiger partial charge in [0.05, 0.1) is 19.1 Å². The third-order valence-corrected chi connectivity index (χ3v) is 6.59. The molecule has 0 spiro atoms. The predicted octanol–water partition coefficient (Wildman–Crippen LogP) is 3.10. The Labute approximate surface area is 202 Å². The summed E-state index contributed by atoms with van der Waals surface area (Å²) in [5.74, 6) is -0.136. The summed E-state index contributed by atoms with van der Waals surface area (Å²) in [6.07, 6.45) is 2.22. The minimum absolute atomic E-state index is 0.192. The molecule has 1 N–H and O–H groups in total. The smallest absolute Gasteiger partial charge is 0.244 e. The highest BCUT2D eigenvalue weighted by Crippen LogP contribution is 2.22. The predicted molar refractivity (Wildman–Crippen MR) is 134 cm³/mol. The monoisotopic (exact) mass is 489 g/mol. The Hall–Kier alpha value is -3.07. The zero-order valence-electron chi connectivity index (χ0n) is 20.6. The number of hydrogen-bond donors (Lipinski definition) is 1. The molecule has 1 atom stereocenters. The molecule has 0 aliphatic rings. The average molecular weight is 490 g/mol. The molecule has 2 rings (SSSR count). The minimum atomic E-state index is -3.77. The molecule has 2 aromatic carbocycles. The number of ether oxygens (including phenoxy) is 1. The molecule has 8 nitrogen and oxygen atoms in total. The Morgan fingerprint density at radius 1 is 1.03 bits per heavy atom. The van der Waals surface area contributed by atoms with E-state index in [9.17, 15) is 18.0 Å². The van der Waals surface area contributed by atoms with Gasteiger partial charge in [-0.25, -0.2) is 8.42 Å². The highest BCUT2D eigenvalue weighted by atomic mass is 32.2. The third-order valence-electron chi connectivity index (χ3n) is 5.45. The van der Waals surface area contributed by atoms with Crippen LogP contribution in [-0.2, 0) is 26.2 Å². The summed E-state index contributed by atoms with van der Waals surface area (Å²) in [7, 11) is -2.25. The number of amides is 2. The molecule has 0 aromatic heterocycles. The number of aryl methyl sites for hydroxylation is 1. The zero-order valence-corrected chi connectivity index (χ0v) is 21.4. The second kappa shape index (κ2) is 12.4. The Balaban J connectivity index is 2.40. The molecule has 0 fully saturated rings. The Bertz CT molecular complexity index is 1050. The standard InChI is InChI=1S/C25H35N3O5S/c1-6-16-26-25(30)23(7-2)27(17-20-10-8-19(3)9-11-20)24(29)18-28(34(5,31)32)21-12-14-22(33-4)15-13-21/h8-15,23H,6-7,16-18H2,1-5H3,(H,26,30)/t23-/m1/s1. The third kappa shape index (κ3) is 7.48. The van der Waals surface area contributed by atoms with E-state index in [0.717, 1.165) is 28.1 Å². The van der Waals surface area contributed by atoms with Gasteiger partial charge in [0.15, 0.2) is 0 Å². The van der Waals surface area contributed by atoms with Crippen molar-refractivity contribution in [1.29, 1.82) is 0 Å². The number of carbonyl (C=O) groups excluding carboxylic acids is 2. The molecule has 0 unspecified atom stereocenters. The van der Waals surface area contributed by atoms with Gasteiger partial charge in [0.2, 0.25) is 21.8 Å². The topological polar surface area (TPSA) is 96.0 Å². The van der Waals surface area contributed by atoms with Crippen molar-refractivity contribution >= 4 is 27.5 Å². The number of carbonyl (C=O) groups is 2. The van der Waals surface area contributed by atoms with E-state index in [1.165, 1.54) is 12.0 Å². The van der Waals surface area contributed by atoms with Crippen LogP contribution < -0.4 is 14.4 Å². The summed E-state index contributed by atoms with van der Waals surface area (Å²) in [5, 5.41) is 2.86. The van der Waals surface area contributed by atoms with Gasteiger partial charge >= 0.3 is 0 Å². The molecule has 0 aliphatic carbocycles. The molecule has 0 heterocycles. The van der Waals surface area contributed by atoms with Crippen LogP contribution in [0.3, 0.4) is 0 Å². The van der Waals surface area contributed by atoms with E-state index in [1.54, 1.807) is 24.3 Å². The summed E-state index contributed by atoms with van der Waals surface area (Å²) in [6, 6.07) is 13.4. The fourth-order valence-corrected chi connectivity index (χ4v) is 4.39. The highest BCUT2D eigenvalue weighted by molar-refractivity contribution is 7.92. The first-order valence-corrected chi connectivity index (χ1v) is 13.2. The molecule has 0 aliphatic heterocycles. The number of methoxy groups -OCH3 is 1. The lowest BCUT2D eigenvalue weighted by Crippen LogP contribution is -2.52. The van der Waals surface area contributed by atoms with Crippen LogP contribution in [0, 0.1) is 6.92 Å². The van der Waals surface area contributed by atoms with Crippen LogP contribution in [0.25, 0.3) is 0 Å². The van der Waals surface area contributed by atoms with Crippen LogP contribution in [0.4, 0.5) is 5.69 Å². The van der Waals surface area contributed by atoms with Gasteiger partial charge in [-0.15, -0.1) is 0 Å². The first kappa shape index (κ1) is 27.2. The van der Waals surface area contributed by atoms with Crippen LogP contribution in [0.5, 0.6) is 5.75 Å². The summed E-state index contributed by atoms with van der Waals surface area (Å²) < 4.78 is 31.4. The molecule has 0 bridgehead atoms. The molecule has 0 saturated heterocycles. The molecule has 2 amide bonds. The number of anilines is 1. The van der Waals surface area contributed by atoms with E-state index in [1.807, 2.05) is 45.0 Å². The summed E-state index contributed by atoms with van der Waals surface area (Å²) in [4.78, 5) is 27.9. The maximum atomic E-state index is 13.6. The van der Waals surface area contributed by atoms with Crippen LogP contribution >= 0.6 is 0 Å². The van der Waals surface area contributed by atoms with Gasteiger partial charge in [-0.3, -0.25) is 13.9 Å². The van der Waals surface area contributed by atoms with Crippen molar-refractivity contribution in [3.05, 3.63) is 59.7 Å². The summed E-state index contributed by atoms with van der Waals surface area (Å²) >= 11 is 0. The number of hydrogen-bond acceptors (Lipinski definition) is 5. The van der Waals surface area contributed by atoms with Crippen molar-refractivity contribution in [2.45, 2.75) is 46.2 Å². The van der Waals surface area contributed by atoms with Gasteiger partial charge in [0.1, 0.15) is 18.3 Å². The summed E-state index contributed by atoms with van der Waals surface area (Å²) in [5.41, 5.74) is 2.28. The quantitative estimate of drug-likeness (QED) is 0.494. The van der Waals surface area contributed by atoms with Crippen molar-refractivity contribution in [2.24, 2.45) is 0 Å². The maximum absolute atomic E-state index is 13.6. The van der Waals surface area contributed by atoms with Crippen molar-refractivity contribution in [1.82, 2.24) is 10.2 Å². The van der Waals surface area contributed by atoms with Crippen LogP contribution in [0.15, 0.2) is 48.5 Å². The first-order valence-electron chi connectivity index (χ1n) is 11.3. The van der Waals surface area contributed by atoms with E-state index >= 15 is 0 Å². The second-order valence-corrected chi connectivity index (χ2v) is 10.1. The van der Waals surface area contributed by atoms with E-state index in [2.05, 4.69) is 5.32 Å². The molecule has 2 aromatic rings. The van der Waals surface area contributed by atoms with Gasteiger partial charge in [-0.05, 0) is 49.6 Å². The number of sulfonamides is 1. The molecular weight excluding hydrogens is 454 g/mol. The van der Waals surface area contributed by atoms with Crippen molar-refractivity contribution < 1.29 is 22.7 Å². The second-order valence-electron chi connectivity index (χ2n) is 8.19. The van der Waals surface area contributed by atoms with Gasteiger partial charge in [-0.2, -0.15) is 0 Å². The first-order chi connectivity index (χ1) is 16.1. The molecular formula is C25H35N3O5S. The highest BCUT2D eigenvalue weighted by Gasteiger charge is 2.31. The molecule has 34 heavy (non-hydrogen) atoms. The lowest BCUT2D eigenvalue weighted by molar-refractivity contribution is -0.140. The van der Waals surface area contributed by atoms with E-state index < -0.39 is 28.5 Å². The lowest BCUT2D eigenvalue weighted by atomic mass is 10.1. The fraction of sp³-hybridized carbons (Fsp3) is 0.440. The van der Waals surface area contributed by atoms with Crippen LogP contribution in [0.1, 0.15) is 37.8 Å². The van der Waals surface area contributed by atoms with Gasteiger partial charge in [0, 0.05) is 13.1 Å². The van der Waals surface area contributed by atoms with Crippen LogP contribution in [0.2, 0.25) is 0 Å². The number of rotatable bonds is 12. The number of nitrogens with one attached hydrogen (secondary N) is 1. The molecule has 0 saturated carbocycles. The number of benzene rings is 2. The van der Waals surface area contributed by atoms with E-state index in [4.69, 9.17) is 4.74 Å². The Morgan fingerprint density at radius 2 is 1.65 bits per heavy atom. The average Bonchev–Trinajstić information content (AvgIpc) is 2.81. The van der Waals surface area contributed by atoms with Crippen molar-refractivity contribution in [3.8, 4) is 5.75 Å². The van der Waals surface area contributed by atoms with Gasteiger partial charge in [0.25, 0.3) is 0 Å². The lowest BCUT2D eigenvalue weighted by Gasteiger charge is -2.33. The Morgan fingerprint density at radius 3 is 2.15 bits per heavy atom. The SMILES string of the molecule is CCCNC(=O)[C@@H](CC)N(Cc1ccc(C)cc1)C(=O)CN(c1ccc(OC)cc1)S(C)(=O)=O. The van der Waals surface area contributed by atoms with E-state index in [0.29, 0.717) is 24.4 Å². The normalized spacial score (nSPS) is 12.0. The summed E-state index contributed by atoms with van der Waals surface area (Å²) in [6.45, 7) is 6.03. The zero-order chi connectivity index (χ0) is 25.3. The number of nitrogens with zero attached hydrogens (tertiary/aromatic N) is 2. The molecule has 9 heteroatoms.